The van der Waals surface area contributed by atoms with Crippen LogP contribution in [0.15, 0.2) is 71.9 Å². The van der Waals surface area contributed by atoms with Crippen LogP contribution in [0.25, 0.3) is 0 Å². The molecule has 4 N–H and O–H groups in total. The lowest BCUT2D eigenvalue weighted by Gasteiger charge is -2.35. The van der Waals surface area contributed by atoms with E-state index in [4.69, 9.17) is 0 Å². The summed E-state index contributed by atoms with van der Waals surface area (Å²) in [6, 6.07) is 4.71. The van der Waals surface area contributed by atoms with Gasteiger partial charge in [-0.2, -0.15) is 13.2 Å². The molecule has 1 amide bonds. The lowest BCUT2D eigenvalue weighted by Crippen LogP contribution is -2.51. The van der Waals surface area contributed by atoms with Crippen molar-refractivity contribution in [1.29, 1.82) is 0 Å². The number of alkyl halides is 3. The van der Waals surface area contributed by atoms with Crippen LogP contribution in [0.1, 0.15) is 24.1 Å². The predicted molar refractivity (Wildman–Crippen MR) is 101 cm³/mol. The predicted octanol–water partition coefficient (Wildman–Crippen LogP) is 2.40. The summed E-state index contributed by atoms with van der Waals surface area (Å²) in [5.74, 6) is -0.346. The van der Waals surface area contributed by atoms with Crippen LogP contribution >= 0.6 is 0 Å². The second-order valence-corrected chi connectivity index (χ2v) is 6.86. The minimum atomic E-state index is -4.47. The van der Waals surface area contributed by atoms with Crippen LogP contribution in [-0.2, 0) is 11.0 Å². The van der Waals surface area contributed by atoms with E-state index < -0.39 is 17.8 Å². The lowest BCUT2D eigenvalue weighted by atomic mass is 9.99. The second-order valence-electron chi connectivity index (χ2n) is 6.86. The van der Waals surface area contributed by atoms with E-state index in [2.05, 4.69) is 21.4 Å². The van der Waals surface area contributed by atoms with Crippen LogP contribution in [0.5, 0.6) is 0 Å². The van der Waals surface area contributed by atoms with Crippen molar-refractivity contribution in [2.45, 2.75) is 25.3 Å². The molecule has 0 fully saturated rings. The summed E-state index contributed by atoms with van der Waals surface area (Å²) < 4.78 is 40.3. The molecule has 1 aromatic rings. The smallest absolute Gasteiger partial charge is 0.387 e. The highest BCUT2D eigenvalue weighted by Gasteiger charge is 2.39. The van der Waals surface area contributed by atoms with Crippen LogP contribution in [-0.4, -0.2) is 23.6 Å². The zero-order valence-corrected chi connectivity index (χ0v) is 15.5. The molecule has 0 aromatic heterocycles. The van der Waals surface area contributed by atoms with Gasteiger partial charge in [0.2, 0.25) is 0 Å². The van der Waals surface area contributed by atoms with Gasteiger partial charge >= 0.3 is 6.18 Å². The summed E-state index contributed by atoms with van der Waals surface area (Å²) >= 11 is 0. The fraction of sp³-hybridized carbons (Fsp3) is 0.250. The minimum Gasteiger partial charge on any atom is -0.387 e. The molecule has 0 saturated carbocycles. The molecule has 0 aliphatic carbocycles. The number of dihydropyridines is 1. The zero-order valence-electron chi connectivity index (χ0n) is 15.5. The van der Waals surface area contributed by atoms with Crippen LogP contribution in [0.2, 0.25) is 0 Å². The highest BCUT2D eigenvalue weighted by molar-refractivity contribution is 5.95. The molecule has 29 heavy (non-hydrogen) atoms. The molecule has 3 aliphatic heterocycles. The Morgan fingerprint density at radius 2 is 2.03 bits per heavy atom. The van der Waals surface area contributed by atoms with Gasteiger partial charge in [0.25, 0.3) is 5.91 Å². The van der Waals surface area contributed by atoms with Gasteiger partial charge in [0, 0.05) is 17.9 Å². The number of fused-ring (bicyclic) bond motifs is 1. The van der Waals surface area contributed by atoms with E-state index in [1.807, 2.05) is 6.08 Å². The molecule has 0 saturated heterocycles. The second kappa shape index (κ2) is 7.32. The van der Waals surface area contributed by atoms with Crippen LogP contribution in [0.4, 0.5) is 13.2 Å². The largest absolute Gasteiger partial charge is 0.416 e. The van der Waals surface area contributed by atoms with E-state index in [9.17, 15) is 18.0 Å². The first-order valence-electron chi connectivity index (χ1n) is 9.13. The van der Waals surface area contributed by atoms with Crippen molar-refractivity contribution in [1.82, 2.24) is 26.4 Å². The zero-order chi connectivity index (χ0) is 20.6. The maximum absolute atomic E-state index is 13.4. The first-order valence-corrected chi connectivity index (χ1v) is 9.13. The molecule has 0 radical (unpaired) electrons. The van der Waals surface area contributed by atoms with Gasteiger partial charge in [0.05, 0.1) is 11.6 Å². The minimum absolute atomic E-state index is 0.100. The monoisotopic (exact) mass is 403 g/mol. The van der Waals surface area contributed by atoms with Gasteiger partial charge in [-0.25, -0.2) is 5.43 Å². The van der Waals surface area contributed by atoms with Crippen molar-refractivity contribution in [3.63, 3.8) is 0 Å². The molecule has 0 bridgehead atoms. The standard InChI is InChI=1S/C20H20F3N5O/c1-12-18(19(29)26-13-8-10-24-11-9-13)28-17(25-12)7-6-16(27-28)14-4-2-3-5-15(14)20(21,22)23/h2-10,16-17,24-25,27H,11H2,1H3,(H,26,29). The molecule has 0 spiro atoms. The summed E-state index contributed by atoms with van der Waals surface area (Å²) in [4.78, 5) is 12.9. The Kier molecular flexibility index (Phi) is 4.83. The molecule has 2 atom stereocenters. The van der Waals surface area contributed by atoms with Crippen molar-refractivity contribution in [2.75, 3.05) is 6.54 Å². The fourth-order valence-electron chi connectivity index (χ4n) is 3.58. The molecular weight excluding hydrogens is 383 g/mol. The van der Waals surface area contributed by atoms with E-state index >= 15 is 0 Å². The fourth-order valence-corrected chi connectivity index (χ4v) is 3.58. The average molecular weight is 403 g/mol. The van der Waals surface area contributed by atoms with Gasteiger partial charge in [-0.05, 0) is 43.0 Å². The Labute approximate surface area is 165 Å². The molecule has 3 aliphatic rings. The lowest BCUT2D eigenvalue weighted by molar-refractivity contribution is -0.138. The van der Waals surface area contributed by atoms with Gasteiger partial charge < -0.3 is 16.0 Å². The van der Waals surface area contributed by atoms with Crippen molar-refractivity contribution < 1.29 is 18.0 Å². The van der Waals surface area contributed by atoms with Crippen molar-refractivity contribution in [3.8, 4) is 0 Å². The van der Waals surface area contributed by atoms with Gasteiger partial charge in [-0.15, -0.1) is 0 Å². The number of hydrazine groups is 1. The summed E-state index contributed by atoms with van der Waals surface area (Å²) in [6.45, 7) is 2.36. The quantitative estimate of drug-likeness (QED) is 0.584. The molecule has 2 unspecified atom stereocenters. The number of allylic oxidation sites excluding steroid dienone is 2. The number of nitrogens with zero attached hydrogens (tertiary/aromatic N) is 1. The molecule has 4 rings (SSSR count). The number of carbonyl (C=O) groups is 1. The van der Waals surface area contributed by atoms with Gasteiger partial charge in [0.1, 0.15) is 11.9 Å². The summed E-state index contributed by atoms with van der Waals surface area (Å²) in [6.07, 6.45) is 3.91. The Morgan fingerprint density at radius 3 is 2.76 bits per heavy atom. The first kappa shape index (κ1) is 19.1. The number of rotatable bonds is 3. The molecule has 6 nitrogen and oxygen atoms in total. The number of halogens is 3. The SMILES string of the molecule is CC1=C(C(=O)NC2=CCNC=C2)N2NC(c3ccccc3C(F)(F)F)C=CC2N1. The third kappa shape index (κ3) is 3.73. The maximum atomic E-state index is 13.4. The maximum Gasteiger partial charge on any atom is 0.416 e. The average Bonchev–Trinajstić information content (AvgIpc) is 3.03. The van der Waals surface area contributed by atoms with Crippen LogP contribution in [0.3, 0.4) is 0 Å². The van der Waals surface area contributed by atoms with Gasteiger partial charge in [-0.1, -0.05) is 24.3 Å². The first-order chi connectivity index (χ1) is 13.8. The molecule has 152 valence electrons. The van der Waals surface area contributed by atoms with Crippen molar-refractivity contribution >= 4 is 5.91 Å². The van der Waals surface area contributed by atoms with E-state index in [-0.39, 0.29) is 17.6 Å². The highest BCUT2D eigenvalue weighted by atomic mass is 19.4. The number of hydrogen-bond acceptors (Lipinski definition) is 5. The van der Waals surface area contributed by atoms with Gasteiger partial charge in [-0.3, -0.25) is 9.80 Å². The van der Waals surface area contributed by atoms with Crippen LogP contribution < -0.4 is 21.4 Å². The van der Waals surface area contributed by atoms with E-state index in [1.165, 1.54) is 12.1 Å². The molecular formula is C20H20F3N5O. The highest BCUT2D eigenvalue weighted by Crippen LogP contribution is 2.36. The third-order valence-corrected chi connectivity index (χ3v) is 4.90. The number of carbonyl (C=O) groups excluding carboxylic acids is 1. The molecule has 3 heterocycles. The number of nitrogens with one attached hydrogen (secondary N) is 4. The normalized spacial score (nSPS) is 23.3. The Hall–Kier alpha value is -3.20. The van der Waals surface area contributed by atoms with Gasteiger partial charge in [0.15, 0.2) is 0 Å². The van der Waals surface area contributed by atoms with E-state index in [0.717, 1.165) is 6.07 Å². The molecule has 9 heteroatoms. The summed E-state index contributed by atoms with van der Waals surface area (Å²) in [7, 11) is 0. The van der Waals surface area contributed by atoms with E-state index in [0.29, 0.717) is 23.6 Å². The van der Waals surface area contributed by atoms with Crippen LogP contribution in [0, 0.1) is 0 Å². The van der Waals surface area contributed by atoms with E-state index in [1.54, 1.807) is 42.4 Å². The Morgan fingerprint density at radius 1 is 1.24 bits per heavy atom. The molecule has 1 aromatic carbocycles. The topological polar surface area (TPSA) is 68.4 Å². The number of hydrogen-bond donors (Lipinski definition) is 4. The van der Waals surface area contributed by atoms with Crippen molar-refractivity contribution in [3.05, 3.63) is 83.0 Å². The number of benzene rings is 1. The summed E-state index contributed by atoms with van der Waals surface area (Å²) in [5, 5.41) is 10.6. The van der Waals surface area contributed by atoms with Crippen molar-refractivity contribution in [2.24, 2.45) is 0 Å². The Bertz CT molecular complexity index is 948. The number of amides is 1. The third-order valence-electron chi connectivity index (χ3n) is 4.90. The summed E-state index contributed by atoms with van der Waals surface area (Å²) in [5.41, 5.74) is 4.08. The Balaban J connectivity index is 1.59.